The Hall–Kier alpha value is -1.86. The Morgan fingerprint density at radius 3 is 2.69 bits per heavy atom. The Labute approximate surface area is 155 Å². The summed E-state index contributed by atoms with van der Waals surface area (Å²) in [4.78, 5) is 12.6. The Bertz CT molecular complexity index is 783. The summed E-state index contributed by atoms with van der Waals surface area (Å²) < 4.78 is 33.0. The van der Waals surface area contributed by atoms with Crippen LogP contribution in [0, 0.1) is 5.92 Å². The van der Waals surface area contributed by atoms with E-state index in [1.807, 2.05) is 13.0 Å². The predicted octanol–water partition coefficient (Wildman–Crippen LogP) is 3.16. The average Bonchev–Trinajstić information content (AvgIpc) is 3.19. The molecule has 2 aliphatic rings. The Balaban J connectivity index is 1.86. The maximum absolute atomic E-state index is 13.0. The number of hydrogen-bond donors (Lipinski definition) is 1. The number of nitrogens with one attached hydrogen (secondary N) is 1. The summed E-state index contributed by atoms with van der Waals surface area (Å²) in [6.07, 6.45) is 8.29. The van der Waals surface area contributed by atoms with Gasteiger partial charge in [-0.15, -0.1) is 0 Å². The lowest BCUT2D eigenvalue weighted by Crippen LogP contribution is -2.28. The molecule has 1 saturated heterocycles. The van der Waals surface area contributed by atoms with E-state index < -0.39 is 10.0 Å². The van der Waals surface area contributed by atoms with Gasteiger partial charge in [-0.25, -0.2) is 8.42 Å². The first kappa shape index (κ1) is 18.9. The number of carbonyl (C=O) groups excluding carboxylic acids is 1. The summed E-state index contributed by atoms with van der Waals surface area (Å²) in [5.41, 5.74) is 0.491. The molecule has 0 aromatic heterocycles. The van der Waals surface area contributed by atoms with Gasteiger partial charge in [0.05, 0.1) is 6.61 Å². The van der Waals surface area contributed by atoms with Gasteiger partial charge in [-0.05, 0) is 57.2 Å². The quantitative estimate of drug-likeness (QED) is 0.772. The van der Waals surface area contributed by atoms with Gasteiger partial charge in [0.15, 0.2) is 0 Å². The second-order valence-corrected chi connectivity index (χ2v) is 8.58. The molecule has 7 heteroatoms. The van der Waals surface area contributed by atoms with Crippen LogP contribution in [0.5, 0.6) is 5.75 Å². The molecule has 1 fully saturated rings. The molecule has 3 rings (SSSR count). The Morgan fingerprint density at radius 1 is 1.27 bits per heavy atom. The molecule has 1 aromatic carbocycles. The first-order valence-electron chi connectivity index (χ1n) is 9.25. The third kappa shape index (κ3) is 4.10. The molecule has 1 heterocycles. The van der Waals surface area contributed by atoms with Gasteiger partial charge in [0, 0.05) is 24.7 Å². The first-order valence-corrected chi connectivity index (χ1v) is 10.7. The molecule has 0 bridgehead atoms. The number of ether oxygens (including phenoxy) is 1. The van der Waals surface area contributed by atoms with Gasteiger partial charge in [-0.1, -0.05) is 12.2 Å². The zero-order valence-electron chi connectivity index (χ0n) is 15.1. The molecule has 0 unspecified atom stereocenters. The minimum atomic E-state index is -3.63. The van der Waals surface area contributed by atoms with Crippen LogP contribution in [0.1, 0.15) is 39.0 Å². The van der Waals surface area contributed by atoms with Crippen molar-refractivity contribution in [1.82, 2.24) is 4.31 Å². The van der Waals surface area contributed by atoms with Gasteiger partial charge in [0.1, 0.15) is 10.6 Å². The van der Waals surface area contributed by atoms with Gasteiger partial charge < -0.3 is 10.1 Å². The van der Waals surface area contributed by atoms with Crippen LogP contribution in [-0.4, -0.2) is 38.3 Å². The number of amides is 1. The van der Waals surface area contributed by atoms with Crippen molar-refractivity contribution in [2.24, 2.45) is 5.92 Å². The van der Waals surface area contributed by atoms with Crippen LogP contribution in [-0.2, 0) is 14.8 Å². The third-order valence-corrected chi connectivity index (χ3v) is 6.75. The lowest BCUT2D eigenvalue weighted by Gasteiger charge is -2.20. The molecular formula is C19H26N2O4S. The van der Waals surface area contributed by atoms with Gasteiger partial charge in [0.25, 0.3) is 0 Å². The fourth-order valence-electron chi connectivity index (χ4n) is 3.41. The van der Waals surface area contributed by atoms with Crippen LogP contribution in [0.25, 0.3) is 0 Å². The molecule has 26 heavy (non-hydrogen) atoms. The Kier molecular flexibility index (Phi) is 5.98. The molecule has 1 N–H and O–H groups in total. The number of nitrogens with zero attached hydrogens (tertiary/aromatic N) is 1. The van der Waals surface area contributed by atoms with Crippen molar-refractivity contribution in [2.75, 3.05) is 25.0 Å². The monoisotopic (exact) mass is 378 g/mol. The van der Waals surface area contributed by atoms with Gasteiger partial charge >= 0.3 is 0 Å². The fraction of sp³-hybridized carbons (Fsp3) is 0.526. The smallest absolute Gasteiger partial charge is 0.246 e. The maximum atomic E-state index is 13.0. The molecular weight excluding hydrogens is 352 g/mol. The summed E-state index contributed by atoms with van der Waals surface area (Å²) >= 11 is 0. The van der Waals surface area contributed by atoms with Crippen molar-refractivity contribution in [3.05, 3.63) is 30.4 Å². The number of rotatable bonds is 6. The molecule has 0 spiro atoms. The normalized spacial score (nSPS) is 20.9. The van der Waals surface area contributed by atoms with E-state index in [1.165, 1.54) is 10.4 Å². The maximum Gasteiger partial charge on any atom is 0.246 e. The molecule has 1 atom stereocenters. The van der Waals surface area contributed by atoms with Crippen LogP contribution >= 0.6 is 0 Å². The van der Waals surface area contributed by atoms with Crippen molar-refractivity contribution >= 4 is 21.6 Å². The number of anilines is 1. The second kappa shape index (κ2) is 8.22. The molecule has 6 nitrogen and oxygen atoms in total. The van der Waals surface area contributed by atoms with Gasteiger partial charge in [0.2, 0.25) is 15.9 Å². The van der Waals surface area contributed by atoms with Crippen molar-refractivity contribution in [2.45, 2.75) is 43.9 Å². The molecule has 1 amide bonds. The van der Waals surface area contributed by atoms with Crippen LogP contribution in [0.2, 0.25) is 0 Å². The number of sulfonamides is 1. The first-order chi connectivity index (χ1) is 12.5. The van der Waals surface area contributed by atoms with Crippen LogP contribution in [0.3, 0.4) is 0 Å². The van der Waals surface area contributed by atoms with E-state index in [-0.39, 0.29) is 16.7 Å². The van der Waals surface area contributed by atoms with E-state index in [0.29, 0.717) is 31.1 Å². The van der Waals surface area contributed by atoms with Crippen LogP contribution in [0.15, 0.2) is 35.2 Å². The minimum absolute atomic E-state index is 0.0646. The largest absolute Gasteiger partial charge is 0.492 e. The van der Waals surface area contributed by atoms with Gasteiger partial charge in [-0.2, -0.15) is 4.31 Å². The van der Waals surface area contributed by atoms with E-state index >= 15 is 0 Å². The second-order valence-electron chi connectivity index (χ2n) is 6.68. The number of allylic oxidation sites excluding steroid dienone is 2. The minimum Gasteiger partial charge on any atom is -0.492 e. The Morgan fingerprint density at radius 2 is 2.04 bits per heavy atom. The molecule has 0 saturated carbocycles. The average molecular weight is 378 g/mol. The number of hydrogen-bond acceptors (Lipinski definition) is 4. The molecule has 142 valence electrons. The van der Waals surface area contributed by atoms with Crippen LogP contribution < -0.4 is 10.1 Å². The standard InChI is InChI=1S/C19H26N2O4S/c1-2-25-17-11-10-16(20-19(22)15-8-4-3-5-9-15)14-18(17)26(23,24)21-12-6-7-13-21/h3-4,10-11,14-15H,2,5-9,12-13H2,1H3,(H,20,22)/t15-/m0/s1. The summed E-state index contributed by atoms with van der Waals surface area (Å²) in [7, 11) is -3.63. The highest BCUT2D eigenvalue weighted by molar-refractivity contribution is 7.89. The molecule has 1 aliphatic carbocycles. The highest BCUT2D eigenvalue weighted by atomic mass is 32.2. The summed E-state index contributed by atoms with van der Waals surface area (Å²) in [5, 5.41) is 2.87. The third-order valence-electron chi connectivity index (χ3n) is 4.83. The lowest BCUT2D eigenvalue weighted by molar-refractivity contribution is -0.120. The van der Waals surface area contributed by atoms with Crippen molar-refractivity contribution in [3.8, 4) is 5.75 Å². The summed E-state index contributed by atoms with van der Waals surface area (Å²) in [6.45, 7) is 3.25. The van der Waals surface area contributed by atoms with Crippen molar-refractivity contribution in [3.63, 3.8) is 0 Å². The number of carbonyl (C=O) groups is 1. The van der Waals surface area contributed by atoms with Crippen molar-refractivity contribution < 1.29 is 17.9 Å². The predicted molar refractivity (Wildman–Crippen MR) is 101 cm³/mol. The highest BCUT2D eigenvalue weighted by Gasteiger charge is 2.30. The van der Waals surface area contributed by atoms with E-state index in [1.54, 1.807) is 12.1 Å². The molecule has 0 radical (unpaired) electrons. The number of benzene rings is 1. The molecule has 1 aromatic rings. The highest BCUT2D eigenvalue weighted by Crippen LogP contribution is 2.32. The van der Waals surface area contributed by atoms with E-state index in [9.17, 15) is 13.2 Å². The lowest BCUT2D eigenvalue weighted by atomic mass is 9.93. The fourth-order valence-corrected chi connectivity index (χ4v) is 5.08. The zero-order chi connectivity index (χ0) is 18.6. The summed E-state index contributed by atoms with van der Waals surface area (Å²) in [6, 6.07) is 4.85. The van der Waals surface area contributed by atoms with Crippen molar-refractivity contribution in [1.29, 1.82) is 0 Å². The van der Waals surface area contributed by atoms with E-state index in [2.05, 4.69) is 11.4 Å². The summed E-state index contributed by atoms with van der Waals surface area (Å²) in [5.74, 6) is 0.200. The zero-order valence-corrected chi connectivity index (χ0v) is 15.9. The van der Waals surface area contributed by atoms with E-state index in [0.717, 1.165) is 32.1 Å². The van der Waals surface area contributed by atoms with Crippen LogP contribution in [0.4, 0.5) is 5.69 Å². The van der Waals surface area contributed by atoms with E-state index in [4.69, 9.17) is 4.74 Å². The SMILES string of the molecule is CCOc1ccc(NC(=O)[C@H]2CC=CCC2)cc1S(=O)(=O)N1CCCC1. The van der Waals surface area contributed by atoms with Gasteiger partial charge in [-0.3, -0.25) is 4.79 Å². The molecule has 1 aliphatic heterocycles. The topological polar surface area (TPSA) is 75.7 Å².